The molecule has 7 nitrogen and oxygen atoms in total. The van der Waals surface area contributed by atoms with Crippen LogP contribution in [0.3, 0.4) is 0 Å². The molecule has 2 rings (SSSR count). The molecular formula is C13H18N4O3S. The molecule has 1 aromatic heterocycles. The number of aromatic nitrogens is 2. The Hall–Kier alpha value is -1.90. The van der Waals surface area contributed by atoms with E-state index in [1.54, 1.807) is 31.6 Å². The van der Waals surface area contributed by atoms with Crippen LogP contribution >= 0.6 is 0 Å². The van der Waals surface area contributed by atoms with Crippen LogP contribution in [0.1, 0.15) is 11.4 Å². The summed E-state index contributed by atoms with van der Waals surface area (Å²) in [6, 6.07) is 5.06. The van der Waals surface area contributed by atoms with Gasteiger partial charge in [0.15, 0.2) is 0 Å². The maximum atomic E-state index is 12.4. The van der Waals surface area contributed by atoms with Gasteiger partial charge in [-0.2, -0.15) is 0 Å². The molecule has 0 aliphatic carbocycles. The first kappa shape index (κ1) is 15.5. The number of ether oxygens (including phenoxy) is 1. The third kappa shape index (κ3) is 3.81. The van der Waals surface area contributed by atoms with Crippen molar-refractivity contribution < 1.29 is 13.2 Å². The van der Waals surface area contributed by atoms with E-state index >= 15 is 0 Å². The Balaban J connectivity index is 2.26. The minimum atomic E-state index is -3.68. The number of imidazole rings is 1. The lowest BCUT2D eigenvalue weighted by Crippen LogP contribution is -2.24. The molecule has 0 radical (unpaired) electrons. The van der Waals surface area contributed by atoms with Gasteiger partial charge in [-0.1, -0.05) is 6.07 Å². The molecule has 21 heavy (non-hydrogen) atoms. The Morgan fingerprint density at radius 1 is 1.33 bits per heavy atom. The normalized spacial score (nSPS) is 11.5. The van der Waals surface area contributed by atoms with Crippen molar-refractivity contribution in [2.24, 2.45) is 0 Å². The summed E-state index contributed by atoms with van der Waals surface area (Å²) < 4.78 is 32.5. The van der Waals surface area contributed by atoms with E-state index in [-0.39, 0.29) is 11.4 Å². The Kier molecular flexibility index (Phi) is 4.94. The minimum Gasteiger partial charge on any atom is -0.495 e. The first-order chi connectivity index (χ1) is 10.1. The van der Waals surface area contributed by atoms with Crippen LogP contribution in [-0.2, 0) is 23.1 Å². The lowest BCUT2D eigenvalue weighted by molar-refractivity contribution is 0.402. The second kappa shape index (κ2) is 6.70. The van der Waals surface area contributed by atoms with E-state index in [0.29, 0.717) is 18.1 Å². The number of hydrogen-bond acceptors (Lipinski definition) is 5. The molecule has 114 valence electrons. The highest BCUT2D eigenvalue weighted by Gasteiger charge is 2.20. The predicted octanol–water partition coefficient (Wildman–Crippen LogP) is 0.616. The highest BCUT2D eigenvalue weighted by molar-refractivity contribution is 7.89. The smallest absolute Gasteiger partial charge is 0.244 e. The van der Waals surface area contributed by atoms with Crippen LogP contribution in [0.4, 0.5) is 0 Å². The molecule has 3 N–H and O–H groups in total. The summed E-state index contributed by atoms with van der Waals surface area (Å²) in [7, 11) is -0.440. The molecule has 8 heteroatoms. The van der Waals surface area contributed by atoms with Crippen molar-refractivity contribution in [3.63, 3.8) is 0 Å². The third-order valence-corrected chi connectivity index (χ3v) is 4.31. The van der Waals surface area contributed by atoms with Crippen molar-refractivity contribution >= 4 is 10.0 Å². The molecule has 0 aliphatic heterocycles. The van der Waals surface area contributed by atoms with Crippen molar-refractivity contribution in [3.05, 3.63) is 42.0 Å². The fraction of sp³-hybridized carbons (Fsp3) is 0.308. The van der Waals surface area contributed by atoms with E-state index in [2.05, 4.69) is 20.0 Å². The van der Waals surface area contributed by atoms with Gasteiger partial charge in [0, 0.05) is 18.9 Å². The third-order valence-electron chi connectivity index (χ3n) is 2.88. The van der Waals surface area contributed by atoms with Gasteiger partial charge in [0.2, 0.25) is 10.0 Å². The molecule has 0 saturated heterocycles. The van der Waals surface area contributed by atoms with Gasteiger partial charge in [-0.05, 0) is 24.7 Å². The maximum Gasteiger partial charge on any atom is 0.244 e. The molecule has 0 atom stereocenters. The Bertz CT molecular complexity index is 683. The average Bonchev–Trinajstić information content (AvgIpc) is 2.99. The number of aromatic amines is 1. The maximum absolute atomic E-state index is 12.4. The molecule has 1 heterocycles. The Morgan fingerprint density at radius 3 is 2.76 bits per heavy atom. The SMILES string of the molecule is CNCc1ccc(OC)c(S(=O)(=O)NCc2ncc[nH]2)c1. The van der Waals surface area contributed by atoms with E-state index in [1.165, 1.54) is 7.11 Å². The summed E-state index contributed by atoms with van der Waals surface area (Å²) in [6.07, 6.45) is 3.20. The zero-order valence-corrected chi connectivity index (χ0v) is 12.7. The van der Waals surface area contributed by atoms with Crippen LogP contribution in [-0.4, -0.2) is 32.5 Å². The summed E-state index contributed by atoms with van der Waals surface area (Å²) in [5, 5.41) is 2.98. The second-order valence-electron chi connectivity index (χ2n) is 4.38. The summed E-state index contributed by atoms with van der Waals surface area (Å²) in [4.78, 5) is 6.94. The van der Waals surface area contributed by atoms with Crippen molar-refractivity contribution in [2.75, 3.05) is 14.2 Å². The lowest BCUT2D eigenvalue weighted by Gasteiger charge is -2.12. The minimum absolute atomic E-state index is 0.0920. The number of methoxy groups -OCH3 is 1. The molecule has 0 fully saturated rings. The van der Waals surface area contributed by atoms with Crippen LogP contribution in [0.2, 0.25) is 0 Å². The van der Waals surface area contributed by atoms with Crippen molar-refractivity contribution in [2.45, 2.75) is 18.0 Å². The summed E-state index contributed by atoms with van der Waals surface area (Å²) >= 11 is 0. The largest absolute Gasteiger partial charge is 0.495 e. The van der Waals surface area contributed by atoms with Gasteiger partial charge in [0.05, 0.1) is 13.7 Å². The van der Waals surface area contributed by atoms with Gasteiger partial charge in [-0.15, -0.1) is 0 Å². The van der Waals surface area contributed by atoms with Gasteiger partial charge in [-0.3, -0.25) is 0 Å². The molecule has 0 spiro atoms. The highest BCUT2D eigenvalue weighted by atomic mass is 32.2. The van der Waals surface area contributed by atoms with E-state index in [9.17, 15) is 8.42 Å². The number of benzene rings is 1. The predicted molar refractivity (Wildman–Crippen MR) is 78.4 cm³/mol. The van der Waals surface area contributed by atoms with E-state index in [0.717, 1.165) is 5.56 Å². The number of rotatable bonds is 7. The van der Waals surface area contributed by atoms with Crippen LogP contribution in [0.15, 0.2) is 35.5 Å². The summed E-state index contributed by atoms with van der Waals surface area (Å²) in [6.45, 7) is 0.666. The first-order valence-corrected chi connectivity index (χ1v) is 7.84. The number of nitrogens with one attached hydrogen (secondary N) is 3. The van der Waals surface area contributed by atoms with E-state index in [4.69, 9.17) is 4.74 Å². The van der Waals surface area contributed by atoms with Gasteiger partial charge < -0.3 is 15.0 Å². The Labute approximate surface area is 123 Å². The highest BCUT2D eigenvalue weighted by Crippen LogP contribution is 2.24. The molecule has 0 saturated carbocycles. The van der Waals surface area contributed by atoms with Crippen molar-refractivity contribution in [3.8, 4) is 5.75 Å². The Morgan fingerprint density at radius 2 is 2.14 bits per heavy atom. The fourth-order valence-electron chi connectivity index (χ4n) is 1.88. The monoisotopic (exact) mass is 310 g/mol. The molecule has 0 amide bonds. The number of hydrogen-bond donors (Lipinski definition) is 3. The second-order valence-corrected chi connectivity index (χ2v) is 6.11. The zero-order chi connectivity index (χ0) is 15.3. The van der Waals surface area contributed by atoms with Crippen LogP contribution in [0.5, 0.6) is 5.75 Å². The van der Waals surface area contributed by atoms with Gasteiger partial charge in [0.1, 0.15) is 16.5 Å². The summed E-state index contributed by atoms with van der Waals surface area (Å²) in [5.74, 6) is 0.853. The quantitative estimate of drug-likeness (QED) is 0.696. The van der Waals surface area contributed by atoms with Crippen LogP contribution in [0, 0.1) is 0 Å². The number of sulfonamides is 1. The van der Waals surface area contributed by atoms with E-state index < -0.39 is 10.0 Å². The molecule has 0 bridgehead atoms. The number of nitrogens with zero attached hydrogens (tertiary/aromatic N) is 1. The topological polar surface area (TPSA) is 96.1 Å². The average molecular weight is 310 g/mol. The van der Waals surface area contributed by atoms with Crippen molar-refractivity contribution in [1.82, 2.24) is 20.0 Å². The number of H-pyrrole nitrogens is 1. The molecule has 2 aromatic rings. The molecular weight excluding hydrogens is 292 g/mol. The standard InChI is InChI=1S/C13H18N4O3S/c1-14-8-10-3-4-11(20-2)12(7-10)21(18,19)17-9-13-15-5-6-16-13/h3-7,14,17H,8-9H2,1-2H3,(H,15,16). The van der Waals surface area contributed by atoms with Crippen LogP contribution < -0.4 is 14.8 Å². The van der Waals surface area contributed by atoms with E-state index in [1.807, 2.05) is 6.07 Å². The zero-order valence-electron chi connectivity index (χ0n) is 11.9. The van der Waals surface area contributed by atoms with Gasteiger partial charge in [-0.25, -0.2) is 18.1 Å². The fourth-order valence-corrected chi connectivity index (χ4v) is 3.09. The summed E-state index contributed by atoms with van der Waals surface area (Å²) in [5.41, 5.74) is 0.858. The van der Waals surface area contributed by atoms with Crippen LogP contribution in [0.25, 0.3) is 0 Å². The first-order valence-electron chi connectivity index (χ1n) is 6.36. The molecule has 0 unspecified atom stereocenters. The lowest BCUT2D eigenvalue weighted by atomic mass is 10.2. The molecule has 0 aliphatic rings. The molecule has 1 aromatic carbocycles. The van der Waals surface area contributed by atoms with Gasteiger partial charge >= 0.3 is 0 Å². The van der Waals surface area contributed by atoms with Crippen molar-refractivity contribution in [1.29, 1.82) is 0 Å². The van der Waals surface area contributed by atoms with Gasteiger partial charge in [0.25, 0.3) is 0 Å².